The summed E-state index contributed by atoms with van der Waals surface area (Å²) in [5, 5.41) is 1.06. The molecule has 0 heterocycles. The second-order valence-corrected chi connectivity index (χ2v) is 5.80. The molecule has 0 aromatic heterocycles. The highest BCUT2D eigenvalue weighted by atomic mass is 79.9. The third-order valence-corrected chi connectivity index (χ3v) is 4.15. The summed E-state index contributed by atoms with van der Waals surface area (Å²) in [5.74, 6) is 0.546. The number of benzene rings is 2. The van der Waals surface area contributed by atoms with E-state index in [-0.39, 0.29) is 6.10 Å². The van der Waals surface area contributed by atoms with Crippen molar-refractivity contribution in [2.45, 2.75) is 13.0 Å². The third-order valence-electron chi connectivity index (χ3n) is 2.66. The highest BCUT2D eigenvalue weighted by Gasteiger charge is 2.12. The van der Waals surface area contributed by atoms with Gasteiger partial charge in [0.1, 0.15) is 11.9 Å². The Hall–Kier alpha value is -0.900. The molecule has 2 aromatic carbocycles. The predicted octanol–water partition coefficient (Wildman–Crippen LogP) is 5.48. The number of ether oxygens (including phenoxy) is 1. The lowest BCUT2D eigenvalue weighted by molar-refractivity contribution is 0.227. The number of nitrogens with two attached hydrogens (primary N) is 1. The van der Waals surface area contributed by atoms with Gasteiger partial charge in [0.2, 0.25) is 0 Å². The third kappa shape index (κ3) is 3.56. The Morgan fingerprint density at radius 2 is 1.89 bits per heavy atom. The Bertz CT molecular complexity index is 604. The zero-order valence-corrected chi connectivity index (χ0v) is 13.3. The molecule has 0 spiro atoms. The fourth-order valence-electron chi connectivity index (χ4n) is 1.66. The Morgan fingerprint density at radius 1 is 1.16 bits per heavy atom. The minimum Gasteiger partial charge on any atom is -0.484 e. The molecule has 2 rings (SSSR count). The van der Waals surface area contributed by atoms with Crippen LogP contribution in [0.4, 0.5) is 5.69 Å². The van der Waals surface area contributed by atoms with E-state index in [1.165, 1.54) is 0 Å². The monoisotopic (exact) mass is 359 g/mol. The number of rotatable bonds is 3. The van der Waals surface area contributed by atoms with E-state index in [1.807, 2.05) is 31.2 Å². The zero-order valence-electron chi connectivity index (χ0n) is 10.2. The fourth-order valence-corrected chi connectivity index (χ4v) is 2.50. The maximum atomic E-state index is 6.13. The molecule has 0 fully saturated rings. The summed E-state index contributed by atoms with van der Waals surface area (Å²) in [6.45, 7) is 1.93. The van der Waals surface area contributed by atoms with E-state index in [0.29, 0.717) is 21.5 Å². The molecule has 2 N–H and O–H groups in total. The molecule has 0 aliphatic rings. The molecular weight excluding hydrogens is 349 g/mol. The molecule has 0 radical (unpaired) electrons. The average Bonchev–Trinajstić information content (AvgIpc) is 2.36. The highest BCUT2D eigenvalue weighted by molar-refractivity contribution is 9.10. The lowest BCUT2D eigenvalue weighted by atomic mass is 10.1. The zero-order chi connectivity index (χ0) is 14.0. The SMILES string of the molecule is CC(Oc1cc(Cl)c(Br)cc1Cl)c1cccc(N)c1. The van der Waals surface area contributed by atoms with Crippen molar-refractivity contribution in [1.82, 2.24) is 0 Å². The Morgan fingerprint density at radius 3 is 2.58 bits per heavy atom. The number of anilines is 1. The first-order valence-electron chi connectivity index (χ1n) is 5.64. The maximum absolute atomic E-state index is 6.13. The second-order valence-electron chi connectivity index (χ2n) is 4.13. The first-order valence-corrected chi connectivity index (χ1v) is 7.19. The van der Waals surface area contributed by atoms with Gasteiger partial charge in [-0.1, -0.05) is 35.3 Å². The summed E-state index contributed by atoms with van der Waals surface area (Å²) in [4.78, 5) is 0. The van der Waals surface area contributed by atoms with Crippen LogP contribution in [0.2, 0.25) is 10.0 Å². The van der Waals surface area contributed by atoms with Crippen molar-refractivity contribution in [2.24, 2.45) is 0 Å². The molecule has 2 aromatic rings. The van der Waals surface area contributed by atoms with Gasteiger partial charge < -0.3 is 10.5 Å². The van der Waals surface area contributed by atoms with Crippen LogP contribution in [0.1, 0.15) is 18.6 Å². The number of halogens is 3. The first-order chi connectivity index (χ1) is 8.97. The molecule has 0 aliphatic heterocycles. The van der Waals surface area contributed by atoms with Crippen LogP contribution >= 0.6 is 39.1 Å². The summed E-state index contributed by atoms with van der Waals surface area (Å²) in [6, 6.07) is 11.0. The summed E-state index contributed by atoms with van der Waals surface area (Å²) in [5.41, 5.74) is 7.44. The van der Waals surface area contributed by atoms with Crippen LogP contribution in [-0.2, 0) is 0 Å². The lowest BCUT2D eigenvalue weighted by Gasteiger charge is -2.17. The highest BCUT2D eigenvalue weighted by Crippen LogP contribution is 2.36. The van der Waals surface area contributed by atoms with Crippen LogP contribution < -0.4 is 10.5 Å². The maximum Gasteiger partial charge on any atom is 0.140 e. The van der Waals surface area contributed by atoms with Crippen molar-refractivity contribution < 1.29 is 4.74 Å². The Balaban J connectivity index is 2.24. The van der Waals surface area contributed by atoms with Gasteiger partial charge in [-0.25, -0.2) is 0 Å². The van der Waals surface area contributed by atoms with Crippen LogP contribution in [0.3, 0.4) is 0 Å². The van der Waals surface area contributed by atoms with Gasteiger partial charge in [-0.2, -0.15) is 0 Å². The molecule has 0 amide bonds. The van der Waals surface area contributed by atoms with Gasteiger partial charge in [0.25, 0.3) is 0 Å². The second kappa shape index (κ2) is 6.04. The van der Waals surface area contributed by atoms with Crippen LogP contribution in [0, 0.1) is 0 Å². The van der Waals surface area contributed by atoms with Crippen molar-refractivity contribution in [3.8, 4) is 5.75 Å². The summed E-state index contributed by atoms with van der Waals surface area (Å²) < 4.78 is 6.57. The first kappa shape index (κ1) is 14.5. The lowest BCUT2D eigenvalue weighted by Crippen LogP contribution is -2.04. The van der Waals surface area contributed by atoms with Crippen molar-refractivity contribution >= 4 is 44.8 Å². The fraction of sp³-hybridized carbons (Fsp3) is 0.143. The van der Waals surface area contributed by atoms with Crippen LogP contribution in [0.5, 0.6) is 5.75 Å². The van der Waals surface area contributed by atoms with Crippen LogP contribution in [0.25, 0.3) is 0 Å². The molecule has 1 atom stereocenters. The minimum atomic E-state index is -0.168. The van der Waals surface area contributed by atoms with Crippen molar-refractivity contribution in [1.29, 1.82) is 0 Å². The van der Waals surface area contributed by atoms with E-state index < -0.39 is 0 Å². The van der Waals surface area contributed by atoms with E-state index in [9.17, 15) is 0 Å². The van der Waals surface area contributed by atoms with E-state index in [4.69, 9.17) is 33.7 Å². The molecule has 0 saturated heterocycles. The van der Waals surface area contributed by atoms with Crippen molar-refractivity contribution in [3.05, 3.63) is 56.5 Å². The van der Waals surface area contributed by atoms with Gasteiger partial charge in [0.15, 0.2) is 0 Å². The van der Waals surface area contributed by atoms with Crippen molar-refractivity contribution in [3.63, 3.8) is 0 Å². The minimum absolute atomic E-state index is 0.168. The molecule has 2 nitrogen and oxygen atoms in total. The van der Waals surface area contributed by atoms with Gasteiger partial charge in [0, 0.05) is 16.2 Å². The van der Waals surface area contributed by atoms with Gasteiger partial charge in [-0.05, 0) is 46.6 Å². The standard InChI is InChI=1S/C14H12BrCl2NO/c1-8(9-3-2-4-10(18)5-9)19-14-7-12(16)11(15)6-13(14)17/h2-8H,18H2,1H3. The normalized spacial score (nSPS) is 12.2. The molecule has 19 heavy (non-hydrogen) atoms. The number of nitrogen functional groups attached to an aromatic ring is 1. The largest absolute Gasteiger partial charge is 0.484 e. The van der Waals surface area contributed by atoms with E-state index >= 15 is 0 Å². The van der Waals surface area contributed by atoms with Gasteiger partial charge in [-0.3, -0.25) is 0 Å². The van der Waals surface area contributed by atoms with E-state index in [2.05, 4.69) is 15.9 Å². The van der Waals surface area contributed by atoms with Gasteiger partial charge >= 0.3 is 0 Å². The quantitative estimate of drug-likeness (QED) is 0.581. The molecule has 5 heteroatoms. The van der Waals surface area contributed by atoms with E-state index in [0.717, 1.165) is 10.0 Å². The summed E-state index contributed by atoms with van der Waals surface area (Å²) in [7, 11) is 0. The molecule has 0 bridgehead atoms. The number of hydrogen-bond acceptors (Lipinski definition) is 2. The molecule has 100 valence electrons. The number of hydrogen-bond donors (Lipinski definition) is 1. The molecular formula is C14H12BrCl2NO. The van der Waals surface area contributed by atoms with Gasteiger partial charge in [0.05, 0.1) is 10.0 Å². The summed E-state index contributed by atoms with van der Waals surface area (Å²) >= 11 is 15.5. The molecule has 0 aliphatic carbocycles. The van der Waals surface area contributed by atoms with Gasteiger partial charge in [-0.15, -0.1) is 0 Å². The van der Waals surface area contributed by atoms with Crippen LogP contribution in [0.15, 0.2) is 40.9 Å². The molecule has 0 saturated carbocycles. The topological polar surface area (TPSA) is 35.2 Å². The Labute approximate surface area is 130 Å². The van der Waals surface area contributed by atoms with Crippen molar-refractivity contribution in [2.75, 3.05) is 5.73 Å². The predicted molar refractivity (Wildman–Crippen MR) is 84.1 cm³/mol. The molecule has 1 unspecified atom stereocenters. The average molecular weight is 361 g/mol. The summed E-state index contributed by atoms with van der Waals surface area (Å²) in [6.07, 6.45) is -0.168. The van der Waals surface area contributed by atoms with Crippen LogP contribution in [-0.4, -0.2) is 0 Å². The smallest absolute Gasteiger partial charge is 0.140 e. The Kier molecular flexibility index (Phi) is 4.61. The van der Waals surface area contributed by atoms with E-state index in [1.54, 1.807) is 12.1 Å².